The Morgan fingerprint density at radius 2 is 2.16 bits per heavy atom. The Bertz CT molecular complexity index is 696. The van der Waals surface area contributed by atoms with Gasteiger partial charge in [-0.2, -0.15) is 4.98 Å². The lowest BCUT2D eigenvalue weighted by Crippen LogP contribution is -1.95. The fraction of sp³-hybridized carbons (Fsp3) is 0.273. The third-order valence-electron chi connectivity index (χ3n) is 2.46. The molecule has 0 spiro atoms. The number of methoxy groups -OCH3 is 1. The first-order chi connectivity index (χ1) is 8.95. The third kappa shape index (κ3) is 2.87. The quantitative estimate of drug-likeness (QED) is 0.805. The molecule has 1 heterocycles. The lowest BCUT2D eigenvalue weighted by molar-refractivity contribution is 0.382. The van der Waals surface area contributed by atoms with E-state index in [9.17, 15) is 8.42 Å². The number of benzene rings is 1. The number of aryl methyl sites for hydroxylation is 1. The summed E-state index contributed by atoms with van der Waals surface area (Å²) in [5, 5.41) is 3.79. The molecule has 0 aliphatic rings. The topological polar surface area (TPSA) is 82.3 Å². The molecular formula is C11H11ClN2O4S. The van der Waals surface area contributed by atoms with Crippen molar-refractivity contribution in [3.8, 4) is 17.1 Å². The maximum absolute atomic E-state index is 11.3. The lowest BCUT2D eigenvalue weighted by atomic mass is 10.2. The van der Waals surface area contributed by atoms with Gasteiger partial charge >= 0.3 is 0 Å². The summed E-state index contributed by atoms with van der Waals surface area (Å²) in [7, 11) is 2.95. The molecule has 0 saturated carbocycles. The summed E-state index contributed by atoms with van der Waals surface area (Å²) in [6.07, 6.45) is 0.586. The monoisotopic (exact) mass is 302 g/mol. The van der Waals surface area contributed by atoms with Crippen LogP contribution in [-0.4, -0.2) is 25.7 Å². The van der Waals surface area contributed by atoms with Crippen LogP contribution >= 0.6 is 10.7 Å². The highest BCUT2D eigenvalue weighted by Gasteiger charge is 2.18. The van der Waals surface area contributed by atoms with E-state index in [1.165, 1.54) is 25.3 Å². The van der Waals surface area contributed by atoms with E-state index in [2.05, 4.69) is 10.1 Å². The molecule has 19 heavy (non-hydrogen) atoms. The Hall–Kier alpha value is -1.60. The summed E-state index contributed by atoms with van der Waals surface area (Å²) in [4.78, 5) is 4.09. The summed E-state index contributed by atoms with van der Waals surface area (Å²) < 4.78 is 32.8. The molecule has 1 aromatic heterocycles. The van der Waals surface area contributed by atoms with Gasteiger partial charge in [0.05, 0.1) is 17.6 Å². The predicted octanol–water partition coefficient (Wildman–Crippen LogP) is 2.24. The van der Waals surface area contributed by atoms with Gasteiger partial charge in [0.25, 0.3) is 9.05 Å². The average molecular weight is 303 g/mol. The van der Waals surface area contributed by atoms with Crippen molar-refractivity contribution in [3.63, 3.8) is 0 Å². The van der Waals surface area contributed by atoms with E-state index in [1.54, 1.807) is 0 Å². The molecule has 0 saturated heterocycles. The molecular weight excluding hydrogens is 292 g/mol. The number of nitrogens with zero attached hydrogens (tertiary/aromatic N) is 2. The van der Waals surface area contributed by atoms with Crippen molar-refractivity contribution in [2.75, 3.05) is 7.11 Å². The van der Waals surface area contributed by atoms with Crippen molar-refractivity contribution in [1.29, 1.82) is 0 Å². The summed E-state index contributed by atoms with van der Waals surface area (Å²) in [6, 6.07) is 4.20. The Morgan fingerprint density at radius 3 is 2.68 bits per heavy atom. The van der Waals surface area contributed by atoms with Crippen molar-refractivity contribution in [1.82, 2.24) is 10.1 Å². The molecule has 6 nitrogen and oxygen atoms in total. The van der Waals surface area contributed by atoms with Crippen LogP contribution in [0.5, 0.6) is 5.75 Å². The number of ether oxygens (including phenoxy) is 1. The van der Waals surface area contributed by atoms with Gasteiger partial charge in [0, 0.05) is 17.1 Å². The predicted molar refractivity (Wildman–Crippen MR) is 68.7 cm³/mol. The van der Waals surface area contributed by atoms with E-state index in [4.69, 9.17) is 19.9 Å². The van der Waals surface area contributed by atoms with Gasteiger partial charge in [0.2, 0.25) is 11.7 Å². The van der Waals surface area contributed by atoms with Crippen molar-refractivity contribution < 1.29 is 17.7 Å². The van der Waals surface area contributed by atoms with Crippen LogP contribution in [0.2, 0.25) is 0 Å². The zero-order chi connectivity index (χ0) is 14.0. The highest BCUT2D eigenvalue weighted by molar-refractivity contribution is 8.13. The molecule has 0 radical (unpaired) electrons. The Labute approximate surface area is 114 Å². The summed E-state index contributed by atoms with van der Waals surface area (Å²) in [5.74, 6) is 1.15. The molecule has 8 heteroatoms. The molecule has 0 aliphatic heterocycles. The van der Waals surface area contributed by atoms with Gasteiger partial charge in [-0.25, -0.2) is 8.42 Å². The minimum Gasteiger partial charge on any atom is -0.496 e. The maximum Gasteiger partial charge on any atom is 0.261 e. The minimum atomic E-state index is -3.83. The molecule has 102 valence electrons. The molecule has 0 amide bonds. The van der Waals surface area contributed by atoms with E-state index in [0.29, 0.717) is 23.6 Å². The highest BCUT2D eigenvalue weighted by atomic mass is 35.7. The van der Waals surface area contributed by atoms with Crippen molar-refractivity contribution in [2.24, 2.45) is 0 Å². The normalized spacial score (nSPS) is 11.5. The Balaban J connectivity index is 2.59. The number of hydrogen-bond donors (Lipinski definition) is 0. The van der Waals surface area contributed by atoms with Gasteiger partial charge in [-0.15, -0.1) is 0 Å². The highest BCUT2D eigenvalue weighted by Crippen LogP contribution is 2.31. The summed E-state index contributed by atoms with van der Waals surface area (Å²) >= 11 is 0. The largest absolute Gasteiger partial charge is 0.496 e. The van der Waals surface area contributed by atoms with Gasteiger partial charge in [0.15, 0.2) is 0 Å². The van der Waals surface area contributed by atoms with Crippen LogP contribution in [0.15, 0.2) is 27.6 Å². The van der Waals surface area contributed by atoms with E-state index in [1.807, 2.05) is 6.92 Å². The van der Waals surface area contributed by atoms with Crippen LogP contribution in [0.25, 0.3) is 11.4 Å². The van der Waals surface area contributed by atoms with Crippen LogP contribution in [-0.2, 0) is 15.5 Å². The molecule has 0 bridgehead atoms. The second kappa shape index (κ2) is 5.18. The number of rotatable bonds is 4. The van der Waals surface area contributed by atoms with E-state index >= 15 is 0 Å². The van der Waals surface area contributed by atoms with Crippen molar-refractivity contribution in [3.05, 3.63) is 24.1 Å². The summed E-state index contributed by atoms with van der Waals surface area (Å²) in [5.41, 5.74) is 0.410. The zero-order valence-corrected chi connectivity index (χ0v) is 11.8. The number of hydrogen-bond acceptors (Lipinski definition) is 6. The molecule has 0 N–H and O–H groups in total. The summed E-state index contributed by atoms with van der Waals surface area (Å²) in [6.45, 7) is 1.87. The van der Waals surface area contributed by atoms with E-state index < -0.39 is 9.05 Å². The average Bonchev–Trinajstić information content (AvgIpc) is 2.85. The van der Waals surface area contributed by atoms with Crippen LogP contribution < -0.4 is 4.74 Å². The molecule has 0 atom stereocenters. The third-order valence-corrected chi connectivity index (χ3v) is 3.82. The van der Waals surface area contributed by atoms with Crippen LogP contribution in [0, 0.1) is 0 Å². The molecule has 1 aromatic carbocycles. The molecule has 0 fully saturated rings. The zero-order valence-electron chi connectivity index (χ0n) is 10.3. The first-order valence-electron chi connectivity index (χ1n) is 5.41. The molecule has 0 unspecified atom stereocenters. The Morgan fingerprint density at radius 1 is 1.42 bits per heavy atom. The second-order valence-electron chi connectivity index (χ2n) is 3.67. The van der Waals surface area contributed by atoms with E-state index in [-0.39, 0.29) is 10.7 Å². The first-order valence-corrected chi connectivity index (χ1v) is 7.72. The number of aromatic nitrogens is 2. The molecule has 2 rings (SSSR count). The maximum atomic E-state index is 11.3. The molecule has 0 aliphatic carbocycles. The van der Waals surface area contributed by atoms with Crippen molar-refractivity contribution >= 4 is 19.7 Å². The lowest BCUT2D eigenvalue weighted by Gasteiger charge is -2.06. The van der Waals surface area contributed by atoms with Gasteiger partial charge in [0.1, 0.15) is 5.75 Å². The minimum absolute atomic E-state index is 0.0483. The van der Waals surface area contributed by atoms with Crippen LogP contribution in [0.3, 0.4) is 0 Å². The van der Waals surface area contributed by atoms with Crippen LogP contribution in [0.1, 0.15) is 12.8 Å². The van der Waals surface area contributed by atoms with Gasteiger partial charge < -0.3 is 9.26 Å². The first kappa shape index (κ1) is 13.8. The second-order valence-corrected chi connectivity index (χ2v) is 6.23. The number of halogens is 1. The smallest absolute Gasteiger partial charge is 0.261 e. The van der Waals surface area contributed by atoms with Gasteiger partial charge in [-0.3, -0.25) is 0 Å². The Kier molecular flexibility index (Phi) is 3.77. The fourth-order valence-corrected chi connectivity index (χ4v) is 2.30. The van der Waals surface area contributed by atoms with Crippen LogP contribution in [0.4, 0.5) is 0 Å². The van der Waals surface area contributed by atoms with Gasteiger partial charge in [-0.1, -0.05) is 12.1 Å². The standard InChI is InChI=1S/C11H11ClN2O4S/c1-3-10-13-11(14-18-10)8-6-7(19(12,15)16)4-5-9(8)17-2/h4-6H,3H2,1-2H3. The van der Waals surface area contributed by atoms with E-state index in [0.717, 1.165) is 0 Å². The van der Waals surface area contributed by atoms with Crippen molar-refractivity contribution in [2.45, 2.75) is 18.2 Å². The fourth-order valence-electron chi connectivity index (χ4n) is 1.52. The van der Waals surface area contributed by atoms with Gasteiger partial charge in [-0.05, 0) is 18.2 Å². The molecule has 2 aromatic rings. The SMILES string of the molecule is CCc1nc(-c2cc(S(=O)(=O)Cl)ccc2OC)no1.